The van der Waals surface area contributed by atoms with Crippen LogP contribution in [0.1, 0.15) is 48.0 Å². The van der Waals surface area contributed by atoms with Gasteiger partial charge in [-0.15, -0.1) is 0 Å². The van der Waals surface area contributed by atoms with Gasteiger partial charge in [-0.25, -0.2) is 4.79 Å². The molecule has 1 aliphatic rings. The highest BCUT2D eigenvalue weighted by Crippen LogP contribution is 2.11. The minimum atomic E-state index is -0.497. The molecule has 2 unspecified atom stereocenters. The molecule has 8 heteroatoms. The Kier molecular flexibility index (Phi) is 10.7. The van der Waals surface area contributed by atoms with Gasteiger partial charge < -0.3 is 29.9 Å². The van der Waals surface area contributed by atoms with Crippen molar-refractivity contribution >= 4 is 12.1 Å². The Hall–Kier alpha value is -1.54. The Balaban J connectivity index is 2.61. The van der Waals surface area contributed by atoms with E-state index >= 15 is 0 Å². The first-order chi connectivity index (χ1) is 13.5. The third-order valence-corrected chi connectivity index (χ3v) is 4.77. The molecule has 0 radical (unpaired) electrons. The number of ether oxygens (including phenoxy) is 2. The number of likely N-dealkylation sites (N-methyl/N-ethyl adjacent to an activating group) is 1. The van der Waals surface area contributed by atoms with E-state index in [4.69, 9.17) is 14.5 Å². The maximum absolute atomic E-state index is 12.2. The van der Waals surface area contributed by atoms with E-state index in [9.17, 15) is 4.79 Å². The van der Waals surface area contributed by atoms with Crippen molar-refractivity contribution in [2.45, 2.75) is 65.7 Å². The van der Waals surface area contributed by atoms with Crippen LogP contribution in [0.25, 0.3) is 0 Å². The summed E-state index contributed by atoms with van der Waals surface area (Å²) in [6.45, 7) is 16.8. The Bertz CT molecular complexity index is 519. The lowest BCUT2D eigenvalue weighted by molar-refractivity contribution is -0.0137. The van der Waals surface area contributed by atoms with Crippen LogP contribution in [0.2, 0.25) is 0 Å². The summed E-state index contributed by atoms with van der Waals surface area (Å²) in [5.74, 6) is 1.17. The van der Waals surface area contributed by atoms with Gasteiger partial charge in [0.25, 0.3) is 0 Å². The summed E-state index contributed by atoms with van der Waals surface area (Å²) in [4.78, 5) is 21.3. The highest BCUT2D eigenvalue weighted by Gasteiger charge is 2.22. The molecule has 1 rings (SSSR count). The number of alkyl carbamates (subject to hydrolysis) is 1. The summed E-state index contributed by atoms with van der Waals surface area (Å²) < 4.78 is 11.2. The number of guanidine groups is 1. The number of nitrogens with one attached hydrogen (secondary N) is 2. The standard InChI is InChI=1S/C21H43N5O3/c1-9-22-19(23-14-17-15-25(7)12-13-28-17)26(8)11-10-18(16(2)3)24-20(27)29-21(4,5)6/h16-18H,9-15H2,1-8H3,(H,22,23)(H,24,27). The number of amides is 1. The van der Waals surface area contributed by atoms with Crippen molar-refractivity contribution in [2.24, 2.45) is 10.9 Å². The van der Waals surface area contributed by atoms with E-state index in [1.165, 1.54) is 0 Å². The Morgan fingerprint density at radius 3 is 2.62 bits per heavy atom. The average Bonchev–Trinajstić information content (AvgIpc) is 2.60. The minimum Gasteiger partial charge on any atom is -0.444 e. The molecule has 0 aromatic rings. The molecule has 170 valence electrons. The van der Waals surface area contributed by atoms with Crippen LogP contribution in [0.5, 0.6) is 0 Å². The molecular formula is C21H43N5O3. The molecule has 29 heavy (non-hydrogen) atoms. The molecule has 1 saturated heterocycles. The number of nitrogens with zero attached hydrogens (tertiary/aromatic N) is 3. The first kappa shape index (κ1) is 25.5. The predicted octanol–water partition coefficient (Wildman–Crippen LogP) is 2.15. The second-order valence-corrected chi connectivity index (χ2v) is 9.16. The van der Waals surface area contributed by atoms with Crippen molar-refractivity contribution in [1.29, 1.82) is 0 Å². The molecule has 8 nitrogen and oxygen atoms in total. The van der Waals surface area contributed by atoms with Gasteiger partial charge in [0, 0.05) is 39.3 Å². The average molecular weight is 414 g/mol. The minimum absolute atomic E-state index is 0.0329. The van der Waals surface area contributed by atoms with Gasteiger partial charge in [-0.3, -0.25) is 4.99 Å². The molecule has 0 aromatic carbocycles. The maximum Gasteiger partial charge on any atom is 0.407 e. The van der Waals surface area contributed by atoms with Crippen molar-refractivity contribution in [3.63, 3.8) is 0 Å². The number of hydrogen-bond donors (Lipinski definition) is 2. The quantitative estimate of drug-likeness (QED) is 0.469. The first-order valence-electron chi connectivity index (χ1n) is 10.8. The van der Waals surface area contributed by atoms with Crippen molar-refractivity contribution in [3.8, 4) is 0 Å². The molecule has 0 saturated carbocycles. The van der Waals surface area contributed by atoms with Crippen molar-refractivity contribution in [3.05, 3.63) is 0 Å². The van der Waals surface area contributed by atoms with Crippen LogP contribution in [-0.4, -0.2) is 93.0 Å². The van der Waals surface area contributed by atoms with E-state index in [0.717, 1.165) is 45.2 Å². The number of rotatable bonds is 8. The molecule has 0 spiro atoms. The SMILES string of the molecule is CCNC(=NCC1CN(C)CCO1)N(C)CCC(NC(=O)OC(C)(C)C)C(C)C. The van der Waals surface area contributed by atoms with Crippen LogP contribution < -0.4 is 10.6 Å². The molecule has 1 fully saturated rings. The zero-order valence-electron chi connectivity index (χ0n) is 19.7. The summed E-state index contributed by atoms with van der Waals surface area (Å²) in [5, 5.41) is 6.37. The van der Waals surface area contributed by atoms with Crippen LogP contribution in [0.3, 0.4) is 0 Å². The Morgan fingerprint density at radius 1 is 1.38 bits per heavy atom. The second kappa shape index (κ2) is 12.2. The molecule has 0 aliphatic carbocycles. The zero-order chi connectivity index (χ0) is 22.0. The van der Waals surface area contributed by atoms with Gasteiger partial charge in [-0.05, 0) is 47.1 Å². The van der Waals surface area contributed by atoms with Gasteiger partial charge in [0.1, 0.15) is 5.60 Å². The smallest absolute Gasteiger partial charge is 0.407 e. The second-order valence-electron chi connectivity index (χ2n) is 9.16. The zero-order valence-corrected chi connectivity index (χ0v) is 19.7. The summed E-state index contributed by atoms with van der Waals surface area (Å²) >= 11 is 0. The largest absolute Gasteiger partial charge is 0.444 e. The van der Waals surface area contributed by atoms with Crippen LogP contribution in [0.15, 0.2) is 4.99 Å². The van der Waals surface area contributed by atoms with Crippen molar-refractivity contribution < 1.29 is 14.3 Å². The Morgan fingerprint density at radius 2 is 2.07 bits per heavy atom. The summed E-state index contributed by atoms with van der Waals surface area (Å²) in [6, 6.07) is 0.0329. The van der Waals surface area contributed by atoms with E-state index in [1.807, 2.05) is 27.8 Å². The van der Waals surface area contributed by atoms with Crippen LogP contribution >= 0.6 is 0 Å². The Labute approximate surface area is 177 Å². The number of carbonyl (C=O) groups excluding carboxylic acids is 1. The first-order valence-corrected chi connectivity index (χ1v) is 10.8. The van der Waals surface area contributed by atoms with E-state index in [-0.39, 0.29) is 18.2 Å². The number of hydrogen-bond acceptors (Lipinski definition) is 5. The number of morpholine rings is 1. The number of carbonyl (C=O) groups is 1. The number of aliphatic imine (C=N–C) groups is 1. The van der Waals surface area contributed by atoms with Gasteiger partial charge in [0.05, 0.1) is 19.3 Å². The molecule has 2 atom stereocenters. The van der Waals surface area contributed by atoms with Crippen molar-refractivity contribution in [1.82, 2.24) is 20.4 Å². The fourth-order valence-electron chi connectivity index (χ4n) is 3.10. The van der Waals surface area contributed by atoms with Gasteiger partial charge in [0.2, 0.25) is 0 Å². The molecule has 0 bridgehead atoms. The van der Waals surface area contributed by atoms with Crippen molar-refractivity contribution in [2.75, 3.05) is 53.4 Å². The topological polar surface area (TPSA) is 78.4 Å². The van der Waals surface area contributed by atoms with E-state index in [2.05, 4.69) is 48.3 Å². The lowest BCUT2D eigenvalue weighted by Gasteiger charge is -2.30. The lowest BCUT2D eigenvalue weighted by Crippen LogP contribution is -2.46. The highest BCUT2D eigenvalue weighted by atomic mass is 16.6. The fraction of sp³-hybridized carbons (Fsp3) is 0.905. The van der Waals surface area contributed by atoms with Gasteiger partial charge in [-0.1, -0.05) is 13.8 Å². The molecule has 1 aliphatic heterocycles. The summed E-state index contributed by atoms with van der Waals surface area (Å²) in [7, 11) is 4.14. The van der Waals surface area contributed by atoms with Gasteiger partial charge >= 0.3 is 6.09 Å². The van der Waals surface area contributed by atoms with E-state index < -0.39 is 5.60 Å². The van der Waals surface area contributed by atoms with Crippen LogP contribution in [0, 0.1) is 5.92 Å². The fourth-order valence-corrected chi connectivity index (χ4v) is 3.10. The maximum atomic E-state index is 12.2. The van der Waals surface area contributed by atoms with Gasteiger partial charge in [-0.2, -0.15) is 0 Å². The predicted molar refractivity (Wildman–Crippen MR) is 118 cm³/mol. The molecule has 1 heterocycles. The molecule has 1 amide bonds. The third-order valence-electron chi connectivity index (χ3n) is 4.77. The summed E-state index contributed by atoms with van der Waals surface area (Å²) in [6.07, 6.45) is 0.576. The van der Waals surface area contributed by atoms with E-state index in [1.54, 1.807) is 0 Å². The summed E-state index contributed by atoms with van der Waals surface area (Å²) in [5.41, 5.74) is -0.497. The molecule has 2 N–H and O–H groups in total. The molecular weight excluding hydrogens is 370 g/mol. The normalized spacial score (nSPS) is 19.8. The van der Waals surface area contributed by atoms with Gasteiger partial charge in [0.15, 0.2) is 5.96 Å². The highest BCUT2D eigenvalue weighted by molar-refractivity contribution is 5.79. The van der Waals surface area contributed by atoms with E-state index in [0.29, 0.717) is 12.5 Å². The third kappa shape index (κ3) is 10.7. The van der Waals surface area contributed by atoms with Crippen LogP contribution in [-0.2, 0) is 9.47 Å². The molecule has 0 aromatic heterocycles. The van der Waals surface area contributed by atoms with Crippen LogP contribution in [0.4, 0.5) is 4.79 Å². The monoisotopic (exact) mass is 413 g/mol. The lowest BCUT2D eigenvalue weighted by atomic mass is 10.0.